The molecule has 0 aliphatic carbocycles. The van der Waals surface area contributed by atoms with E-state index in [0.717, 1.165) is 16.8 Å². The van der Waals surface area contributed by atoms with Crippen LogP contribution >= 0.6 is 0 Å². The first kappa shape index (κ1) is 15.9. The first-order valence-corrected chi connectivity index (χ1v) is 8.17. The van der Waals surface area contributed by atoms with Crippen molar-refractivity contribution in [1.29, 1.82) is 0 Å². The fourth-order valence-electron chi connectivity index (χ4n) is 3.07. The van der Waals surface area contributed by atoms with E-state index >= 15 is 0 Å². The molecule has 1 atom stereocenters. The van der Waals surface area contributed by atoms with Crippen molar-refractivity contribution in [2.45, 2.75) is 19.9 Å². The highest BCUT2D eigenvalue weighted by Crippen LogP contribution is 2.34. The summed E-state index contributed by atoms with van der Waals surface area (Å²) >= 11 is 0. The SMILES string of the molecule is CC1=C(C(=O)Nc2cccc(C)c2)C(c2cccnc2)n2nnnc2N1. The van der Waals surface area contributed by atoms with E-state index in [1.54, 1.807) is 17.1 Å². The van der Waals surface area contributed by atoms with Gasteiger partial charge in [-0.1, -0.05) is 23.3 Å². The number of carbonyl (C=O) groups excluding carboxylic acids is 1. The number of carbonyl (C=O) groups is 1. The summed E-state index contributed by atoms with van der Waals surface area (Å²) in [6, 6.07) is 10.9. The van der Waals surface area contributed by atoms with Gasteiger partial charge in [0.1, 0.15) is 6.04 Å². The fourth-order valence-corrected chi connectivity index (χ4v) is 3.07. The molecule has 3 heterocycles. The first-order valence-electron chi connectivity index (χ1n) is 8.17. The van der Waals surface area contributed by atoms with Gasteiger partial charge in [-0.2, -0.15) is 4.68 Å². The third-order valence-corrected chi connectivity index (χ3v) is 4.23. The maximum Gasteiger partial charge on any atom is 0.255 e. The second-order valence-corrected chi connectivity index (χ2v) is 6.12. The van der Waals surface area contributed by atoms with Gasteiger partial charge < -0.3 is 10.6 Å². The number of rotatable bonds is 3. The lowest BCUT2D eigenvalue weighted by atomic mass is 9.96. The summed E-state index contributed by atoms with van der Waals surface area (Å²) in [5.74, 6) is 0.277. The normalized spacial score (nSPS) is 16.0. The number of aryl methyl sites for hydroxylation is 1. The molecule has 0 radical (unpaired) electrons. The molecule has 1 aliphatic heterocycles. The van der Waals surface area contributed by atoms with Gasteiger partial charge in [0.05, 0.1) is 5.57 Å². The maximum absolute atomic E-state index is 13.1. The highest BCUT2D eigenvalue weighted by atomic mass is 16.1. The van der Waals surface area contributed by atoms with Crippen LogP contribution in [0.3, 0.4) is 0 Å². The van der Waals surface area contributed by atoms with E-state index in [9.17, 15) is 4.79 Å². The smallest absolute Gasteiger partial charge is 0.255 e. The number of nitrogens with zero attached hydrogens (tertiary/aromatic N) is 5. The molecule has 1 amide bonds. The molecule has 1 aromatic carbocycles. The monoisotopic (exact) mass is 347 g/mol. The molecule has 1 aliphatic rings. The Kier molecular flexibility index (Phi) is 3.92. The van der Waals surface area contributed by atoms with Crippen LogP contribution in [-0.2, 0) is 4.79 Å². The lowest BCUT2D eigenvalue weighted by Gasteiger charge is -2.27. The van der Waals surface area contributed by atoms with Gasteiger partial charge in [-0.3, -0.25) is 9.78 Å². The van der Waals surface area contributed by atoms with Crippen molar-refractivity contribution in [1.82, 2.24) is 25.2 Å². The van der Waals surface area contributed by atoms with Gasteiger partial charge in [0.15, 0.2) is 0 Å². The van der Waals surface area contributed by atoms with Crippen molar-refractivity contribution < 1.29 is 4.79 Å². The molecule has 1 unspecified atom stereocenters. The third-order valence-electron chi connectivity index (χ3n) is 4.23. The van der Waals surface area contributed by atoms with Gasteiger partial charge in [0, 0.05) is 23.8 Å². The first-order chi connectivity index (χ1) is 12.6. The molecule has 0 saturated carbocycles. The van der Waals surface area contributed by atoms with Crippen molar-refractivity contribution in [3.8, 4) is 0 Å². The standard InChI is InChI=1S/C18H17N7O/c1-11-5-3-7-14(9-11)21-17(26)15-12(2)20-18-22-23-24-25(18)16(15)13-6-4-8-19-10-13/h3-10,16H,1-2H3,(H,21,26)(H,20,22,24). The zero-order chi connectivity index (χ0) is 18.1. The number of hydrogen-bond donors (Lipinski definition) is 2. The molecule has 2 N–H and O–H groups in total. The molecule has 4 rings (SSSR count). The topological polar surface area (TPSA) is 97.6 Å². The van der Waals surface area contributed by atoms with Crippen LogP contribution in [0.1, 0.15) is 24.1 Å². The molecule has 3 aromatic rings. The zero-order valence-electron chi connectivity index (χ0n) is 14.3. The van der Waals surface area contributed by atoms with Crippen LogP contribution in [0, 0.1) is 6.92 Å². The highest BCUT2D eigenvalue weighted by molar-refractivity contribution is 6.06. The number of allylic oxidation sites excluding steroid dienone is 1. The Morgan fingerprint density at radius 1 is 1.23 bits per heavy atom. The van der Waals surface area contributed by atoms with Gasteiger partial charge >= 0.3 is 0 Å². The fraction of sp³-hybridized carbons (Fsp3) is 0.167. The summed E-state index contributed by atoms with van der Waals surface area (Å²) in [4.78, 5) is 17.3. The Bertz CT molecular complexity index is 994. The zero-order valence-corrected chi connectivity index (χ0v) is 14.3. The molecule has 0 saturated heterocycles. The summed E-state index contributed by atoms with van der Waals surface area (Å²) in [6.45, 7) is 3.82. The Labute approximate surface area is 150 Å². The van der Waals surface area contributed by atoms with Crippen molar-refractivity contribution in [2.75, 3.05) is 10.6 Å². The second kappa shape index (κ2) is 6.40. The molecule has 2 aromatic heterocycles. The van der Waals surface area contributed by atoms with E-state index in [1.165, 1.54) is 0 Å². The quantitative estimate of drug-likeness (QED) is 0.754. The van der Waals surface area contributed by atoms with E-state index in [4.69, 9.17) is 0 Å². The average molecular weight is 347 g/mol. The Hall–Kier alpha value is -3.55. The van der Waals surface area contributed by atoms with Crippen LogP contribution in [0.15, 0.2) is 60.1 Å². The van der Waals surface area contributed by atoms with Crippen molar-refractivity contribution >= 4 is 17.5 Å². The molecular formula is C18H17N7O. The minimum absolute atomic E-state index is 0.212. The third kappa shape index (κ3) is 2.81. The van der Waals surface area contributed by atoms with Crippen molar-refractivity contribution in [2.24, 2.45) is 0 Å². The average Bonchev–Trinajstić information content (AvgIpc) is 3.09. The van der Waals surface area contributed by atoms with Crippen LogP contribution in [-0.4, -0.2) is 31.1 Å². The van der Waals surface area contributed by atoms with Gasteiger partial charge in [-0.05, 0) is 53.6 Å². The number of aromatic nitrogens is 5. The molecule has 26 heavy (non-hydrogen) atoms. The molecule has 8 heteroatoms. The minimum atomic E-state index is -0.459. The summed E-state index contributed by atoms with van der Waals surface area (Å²) < 4.78 is 1.59. The summed E-state index contributed by atoms with van der Waals surface area (Å²) in [7, 11) is 0. The Morgan fingerprint density at radius 3 is 2.88 bits per heavy atom. The number of tetrazole rings is 1. The molecule has 8 nitrogen and oxygen atoms in total. The van der Waals surface area contributed by atoms with E-state index in [2.05, 4.69) is 31.1 Å². The van der Waals surface area contributed by atoms with Crippen LogP contribution in [0.5, 0.6) is 0 Å². The number of amides is 1. The van der Waals surface area contributed by atoms with E-state index in [-0.39, 0.29) is 5.91 Å². The van der Waals surface area contributed by atoms with Crippen molar-refractivity contribution in [3.63, 3.8) is 0 Å². The number of anilines is 2. The number of hydrogen-bond acceptors (Lipinski definition) is 6. The van der Waals surface area contributed by atoms with Gasteiger partial charge in [-0.25, -0.2) is 0 Å². The van der Waals surface area contributed by atoms with Gasteiger partial charge in [-0.15, -0.1) is 0 Å². The van der Waals surface area contributed by atoms with Crippen LogP contribution in [0.4, 0.5) is 11.6 Å². The van der Waals surface area contributed by atoms with Crippen LogP contribution in [0.2, 0.25) is 0 Å². The van der Waals surface area contributed by atoms with Gasteiger partial charge in [0.25, 0.3) is 5.91 Å². The van der Waals surface area contributed by atoms with Gasteiger partial charge in [0.2, 0.25) is 5.95 Å². The molecule has 0 spiro atoms. The Morgan fingerprint density at radius 2 is 2.12 bits per heavy atom. The van der Waals surface area contributed by atoms with E-state index in [1.807, 2.05) is 50.2 Å². The minimum Gasteiger partial charge on any atom is -0.326 e. The summed E-state index contributed by atoms with van der Waals surface area (Å²) in [6.07, 6.45) is 3.41. The number of nitrogens with one attached hydrogen (secondary N) is 2. The molecule has 0 bridgehead atoms. The number of pyridine rings is 1. The van der Waals surface area contributed by atoms with E-state index in [0.29, 0.717) is 17.2 Å². The summed E-state index contributed by atoms with van der Waals surface area (Å²) in [5.41, 5.74) is 3.88. The van der Waals surface area contributed by atoms with Crippen LogP contribution < -0.4 is 10.6 Å². The largest absolute Gasteiger partial charge is 0.326 e. The molecule has 130 valence electrons. The maximum atomic E-state index is 13.1. The lowest BCUT2D eigenvalue weighted by Crippen LogP contribution is -2.31. The lowest BCUT2D eigenvalue weighted by molar-refractivity contribution is -0.113. The number of benzene rings is 1. The molecular weight excluding hydrogens is 330 g/mol. The van der Waals surface area contributed by atoms with Crippen LogP contribution in [0.25, 0.3) is 0 Å². The second-order valence-electron chi connectivity index (χ2n) is 6.12. The Balaban J connectivity index is 1.75. The highest BCUT2D eigenvalue weighted by Gasteiger charge is 2.34. The van der Waals surface area contributed by atoms with Crippen molar-refractivity contribution in [3.05, 3.63) is 71.2 Å². The predicted octanol–water partition coefficient (Wildman–Crippen LogP) is 2.30. The van der Waals surface area contributed by atoms with E-state index < -0.39 is 6.04 Å². The predicted molar refractivity (Wildman–Crippen MR) is 96.3 cm³/mol. The summed E-state index contributed by atoms with van der Waals surface area (Å²) in [5, 5.41) is 17.8. The molecule has 0 fully saturated rings. The number of fused-ring (bicyclic) bond motifs is 1.